The predicted octanol–water partition coefficient (Wildman–Crippen LogP) is 2.52. The van der Waals surface area contributed by atoms with Crippen molar-refractivity contribution in [2.45, 2.75) is 19.3 Å². The number of nitrogen functional groups attached to an aromatic ring is 1. The number of anilines is 1. The van der Waals surface area contributed by atoms with Crippen LogP contribution in [0.1, 0.15) is 28.9 Å². The average Bonchev–Trinajstić information content (AvgIpc) is 2.75. The molecule has 0 saturated heterocycles. The van der Waals surface area contributed by atoms with Crippen LogP contribution in [-0.4, -0.2) is 18.4 Å². The Morgan fingerprint density at radius 2 is 2.05 bits per heavy atom. The van der Waals surface area contributed by atoms with Crippen molar-refractivity contribution >= 4 is 50.5 Å². The minimum atomic E-state index is -0.327. The molecule has 21 heavy (non-hydrogen) atoms. The van der Waals surface area contributed by atoms with Crippen LogP contribution in [-0.2, 0) is 4.79 Å². The van der Waals surface area contributed by atoms with Crippen LogP contribution in [0.3, 0.4) is 0 Å². The summed E-state index contributed by atoms with van der Waals surface area (Å²) in [5.41, 5.74) is 11.5. The molecular weight excluding hydrogens is 310 g/mol. The van der Waals surface area contributed by atoms with Gasteiger partial charge in [-0.25, -0.2) is 0 Å². The van der Waals surface area contributed by atoms with Gasteiger partial charge in [0, 0.05) is 28.1 Å². The first-order valence-corrected chi connectivity index (χ1v) is 7.72. The summed E-state index contributed by atoms with van der Waals surface area (Å²) in [6.07, 6.45) is 1.69. The minimum absolute atomic E-state index is 0.205. The second kappa shape index (κ2) is 6.78. The average molecular weight is 326 g/mol. The zero-order chi connectivity index (χ0) is 15.4. The van der Waals surface area contributed by atoms with Crippen LogP contribution in [0.15, 0.2) is 18.2 Å². The standard InChI is InChI=1S/C14H16ClN3O2S/c15-8-4-5-10-9(7-8)12(17)13(21-10)14(20)18-6-2-1-3-11(16)19/h4-5,7H,1-3,6,17H2,(H2,16,19)(H,18,20). The van der Waals surface area contributed by atoms with Crippen LogP contribution < -0.4 is 16.8 Å². The molecule has 1 aromatic heterocycles. The van der Waals surface area contributed by atoms with E-state index >= 15 is 0 Å². The summed E-state index contributed by atoms with van der Waals surface area (Å²) in [6, 6.07) is 5.38. The number of hydrogen-bond acceptors (Lipinski definition) is 4. The molecule has 0 spiro atoms. The van der Waals surface area contributed by atoms with Crippen LogP contribution >= 0.6 is 22.9 Å². The zero-order valence-corrected chi connectivity index (χ0v) is 12.9. The Hall–Kier alpha value is -1.79. The highest BCUT2D eigenvalue weighted by Gasteiger charge is 2.16. The van der Waals surface area contributed by atoms with E-state index < -0.39 is 0 Å². The number of halogens is 1. The zero-order valence-electron chi connectivity index (χ0n) is 11.3. The van der Waals surface area contributed by atoms with Crippen molar-refractivity contribution in [1.29, 1.82) is 0 Å². The fraction of sp³-hybridized carbons (Fsp3) is 0.286. The molecule has 2 rings (SSSR count). The molecule has 112 valence electrons. The van der Waals surface area contributed by atoms with Gasteiger partial charge in [0.15, 0.2) is 0 Å². The van der Waals surface area contributed by atoms with E-state index in [1.54, 1.807) is 12.1 Å². The fourth-order valence-electron chi connectivity index (χ4n) is 1.96. The lowest BCUT2D eigenvalue weighted by molar-refractivity contribution is -0.118. The largest absolute Gasteiger partial charge is 0.397 e. The number of carbonyl (C=O) groups is 2. The summed E-state index contributed by atoms with van der Waals surface area (Å²) >= 11 is 7.27. The third-order valence-electron chi connectivity index (χ3n) is 3.03. The number of amides is 2. The van der Waals surface area contributed by atoms with Gasteiger partial charge in [0.1, 0.15) is 4.88 Å². The molecule has 0 aliphatic heterocycles. The Morgan fingerprint density at radius 1 is 1.29 bits per heavy atom. The number of nitrogens with two attached hydrogens (primary N) is 2. The van der Waals surface area contributed by atoms with Crippen molar-refractivity contribution in [1.82, 2.24) is 5.32 Å². The van der Waals surface area contributed by atoms with Gasteiger partial charge in [-0.05, 0) is 31.0 Å². The number of fused-ring (bicyclic) bond motifs is 1. The maximum absolute atomic E-state index is 12.1. The van der Waals surface area contributed by atoms with Crippen molar-refractivity contribution in [3.05, 3.63) is 28.1 Å². The molecule has 1 aromatic carbocycles. The van der Waals surface area contributed by atoms with E-state index in [1.807, 2.05) is 6.07 Å². The van der Waals surface area contributed by atoms with E-state index in [-0.39, 0.29) is 11.8 Å². The maximum Gasteiger partial charge on any atom is 0.263 e. The lowest BCUT2D eigenvalue weighted by Crippen LogP contribution is -2.24. The number of benzene rings is 1. The number of thiophene rings is 1. The van der Waals surface area contributed by atoms with Gasteiger partial charge in [-0.15, -0.1) is 11.3 Å². The molecule has 2 aromatic rings. The second-order valence-electron chi connectivity index (χ2n) is 4.66. The number of primary amides is 1. The molecule has 0 radical (unpaired) electrons. The van der Waals surface area contributed by atoms with Gasteiger partial charge in [-0.3, -0.25) is 9.59 Å². The Balaban J connectivity index is 1.99. The molecule has 1 heterocycles. The molecule has 5 nitrogen and oxygen atoms in total. The second-order valence-corrected chi connectivity index (χ2v) is 6.15. The van der Waals surface area contributed by atoms with E-state index in [1.165, 1.54) is 11.3 Å². The van der Waals surface area contributed by atoms with Crippen molar-refractivity contribution < 1.29 is 9.59 Å². The van der Waals surface area contributed by atoms with Gasteiger partial charge in [-0.2, -0.15) is 0 Å². The summed E-state index contributed by atoms with van der Waals surface area (Å²) in [5.74, 6) is -0.532. The number of rotatable bonds is 6. The fourth-order valence-corrected chi connectivity index (χ4v) is 3.16. The van der Waals surface area contributed by atoms with E-state index in [9.17, 15) is 9.59 Å². The Kier molecular flexibility index (Phi) is 5.03. The van der Waals surface area contributed by atoms with Gasteiger partial charge < -0.3 is 16.8 Å². The molecule has 0 fully saturated rings. The van der Waals surface area contributed by atoms with Crippen molar-refractivity contribution in [2.24, 2.45) is 5.73 Å². The molecule has 5 N–H and O–H groups in total. The van der Waals surface area contributed by atoms with Crippen LogP contribution in [0, 0.1) is 0 Å². The summed E-state index contributed by atoms with van der Waals surface area (Å²) in [6.45, 7) is 0.487. The van der Waals surface area contributed by atoms with E-state index in [0.29, 0.717) is 41.4 Å². The first-order chi connectivity index (χ1) is 9.99. The summed E-state index contributed by atoms with van der Waals surface area (Å²) in [4.78, 5) is 23.2. The molecule has 0 saturated carbocycles. The van der Waals surface area contributed by atoms with Gasteiger partial charge in [-0.1, -0.05) is 11.6 Å². The lowest BCUT2D eigenvalue weighted by Gasteiger charge is -2.03. The van der Waals surface area contributed by atoms with Gasteiger partial charge in [0.2, 0.25) is 5.91 Å². The number of hydrogen-bond donors (Lipinski definition) is 3. The summed E-state index contributed by atoms with van der Waals surface area (Å²) in [5, 5.41) is 4.18. The summed E-state index contributed by atoms with van der Waals surface area (Å²) < 4.78 is 0.927. The molecule has 0 aliphatic carbocycles. The Labute approximate surface area is 131 Å². The van der Waals surface area contributed by atoms with Gasteiger partial charge in [0.25, 0.3) is 5.91 Å². The lowest BCUT2D eigenvalue weighted by atomic mass is 10.2. The molecule has 2 amide bonds. The number of carbonyl (C=O) groups excluding carboxylic acids is 2. The number of nitrogens with one attached hydrogen (secondary N) is 1. The topological polar surface area (TPSA) is 98.2 Å². The molecule has 7 heteroatoms. The molecule has 0 bridgehead atoms. The highest BCUT2D eigenvalue weighted by atomic mass is 35.5. The van der Waals surface area contributed by atoms with Crippen LogP contribution in [0.4, 0.5) is 5.69 Å². The van der Waals surface area contributed by atoms with E-state index in [2.05, 4.69) is 5.32 Å². The third-order valence-corrected chi connectivity index (χ3v) is 4.45. The monoisotopic (exact) mass is 325 g/mol. The summed E-state index contributed by atoms with van der Waals surface area (Å²) in [7, 11) is 0. The van der Waals surface area contributed by atoms with E-state index in [4.69, 9.17) is 23.1 Å². The van der Waals surface area contributed by atoms with Crippen LogP contribution in [0.5, 0.6) is 0 Å². The third kappa shape index (κ3) is 3.86. The molecule has 0 unspecified atom stereocenters. The first-order valence-electron chi connectivity index (χ1n) is 6.53. The van der Waals surface area contributed by atoms with Crippen LogP contribution in [0.25, 0.3) is 10.1 Å². The highest BCUT2D eigenvalue weighted by molar-refractivity contribution is 7.21. The smallest absolute Gasteiger partial charge is 0.263 e. The van der Waals surface area contributed by atoms with Crippen molar-refractivity contribution in [3.8, 4) is 0 Å². The van der Waals surface area contributed by atoms with Crippen molar-refractivity contribution in [3.63, 3.8) is 0 Å². The minimum Gasteiger partial charge on any atom is -0.397 e. The molecule has 0 aliphatic rings. The van der Waals surface area contributed by atoms with Gasteiger partial charge >= 0.3 is 0 Å². The molecular formula is C14H16ClN3O2S. The quantitative estimate of drug-likeness (QED) is 0.712. The van der Waals surface area contributed by atoms with Gasteiger partial charge in [0.05, 0.1) is 5.69 Å². The number of unbranched alkanes of at least 4 members (excludes halogenated alkanes) is 1. The van der Waals surface area contributed by atoms with E-state index in [0.717, 1.165) is 10.1 Å². The maximum atomic E-state index is 12.1. The Bertz CT molecular complexity index is 684. The highest BCUT2D eigenvalue weighted by Crippen LogP contribution is 2.35. The SMILES string of the molecule is NC(=O)CCCCNC(=O)c1sc2ccc(Cl)cc2c1N. The normalized spacial score (nSPS) is 10.7. The predicted molar refractivity (Wildman–Crippen MR) is 86.6 cm³/mol. The molecule has 0 atom stereocenters. The first kappa shape index (κ1) is 15.6. The van der Waals surface area contributed by atoms with Crippen molar-refractivity contribution in [2.75, 3.05) is 12.3 Å². The van der Waals surface area contributed by atoms with Crippen LogP contribution in [0.2, 0.25) is 5.02 Å². The Morgan fingerprint density at radius 3 is 2.76 bits per heavy atom.